The Labute approximate surface area is 72.4 Å². The summed E-state index contributed by atoms with van der Waals surface area (Å²) in [6.45, 7) is 0.941. The third kappa shape index (κ3) is 1.40. The Hall–Kier alpha value is -1.50. The van der Waals surface area contributed by atoms with Gasteiger partial charge in [-0.2, -0.15) is 0 Å². The minimum atomic E-state index is 0.941. The van der Waals surface area contributed by atoms with E-state index >= 15 is 0 Å². The van der Waals surface area contributed by atoms with Gasteiger partial charge in [0.2, 0.25) is 0 Å². The number of allylic oxidation sites excluding steroid dienone is 2. The molecule has 0 amide bonds. The van der Waals surface area contributed by atoms with Crippen molar-refractivity contribution < 1.29 is 0 Å². The van der Waals surface area contributed by atoms with Gasteiger partial charge in [-0.15, -0.1) is 0 Å². The van der Waals surface area contributed by atoms with Gasteiger partial charge in [-0.3, -0.25) is 0 Å². The quantitative estimate of drug-likeness (QED) is 0.659. The first-order chi connectivity index (χ1) is 5.97. The Balaban J connectivity index is 2.31. The molecular weight excluding hydrogens is 146 g/mol. The van der Waals surface area contributed by atoms with Gasteiger partial charge in [0.15, 0.2) is 0 Å². The molecule has 0 atom stereocenters. The van der Waals surface area contributed by atoms with Crippen molar-refractivity contribution in [3.8, 4) is 0 Å². The van der Waals surface area contributed by atoms with E-state index in [-0.39, 0.29) is 0 Å². The summed E-state index contributed by atoms with van der Waals surface area (Å²) in [5.41, 5.74) is 2.52. The molecule has 0 saturated carbocycles. The highest BCUT2D eigenvalue weighted by Crippen LogP contribution is 2.15. The molecule has 1 N–H and O–H groups in total. The van der Waals surface area contributed by atoms with Crippen molar-refractivity contribution >= 4 is 5.57 Å². The molecule has 0 radical (unpaired) electrons. The summed E-state index contributed by atoms with van der Waals surface area (Å²) in [7, 11) is 0. The van der Waals surface area contributed by atoms with E-state index in [2.05, 4.69) is 47.9 Å². The van der Waals surface area contributed by atoms with Crippen molar-refractivity contribution in [1.29, 1.82) is 0 Å². The third-order valence-corrected chi connectivity index (χ3v) is 1.90. The van der Waals surface area contributed by atoms with Crippen LogP contribution in [0.1, 0.15) is 5.56 Å². The Morgan fingerprint density at radius 2 is 1.92 bits per heavy atom. The van der Waals surface area contributed by atoms with Crippen LogP contribution in [-0.2, 0) is 0 Å². The number of benzene rings is 1. The van der Waals surface area contributed by atoms with Crippen LogP contribution >= 0.6 is 0 Å². The first-order valence-electron chi connectivity index (χ1n) is 4.12. The van der Waals surface area contributed by atoms with E-state index in [1.54, 1.807) is 0 Å². The summed E-state index contributed by atoms with van der Waals surface area (Å²) in [6, 6.07) is 10.4. The zero-order valence-corrected chi connectivity index (χ0v) is 6.83. The number of hydrogen-bond acceptors (Lipinski definition) is 1. The highest BCUT2D eigenvalue weighted by molar-refractivity contribution is 5.74. The molecule has 12 heavy (non-hydrogen) atoms. The molecule has 0 fully saturated rings. The van der Waals surface area contributed by atoms with E-state index in [1.807, 2.05) is 6.07 Å². The third-order valence-electron chi connectivity index (χ3n) is 1.90. The predicted octanol–water partition coefficient (Wildman–Crippen LogP) is 2.19. The van der Waals surface area contributed by atoms with Crippen LogP contribution in [0.25, 0.3) is 5.57 Å². The fourth-order valence-corrected chi connectivity index (χ4v) is 1.28. The largest absolute Gasteiger partial charge is 0.387 e. The van der Waals surface area contributed by atoms with Crippen molar-refractivity contribution in [1.82, 2.24) is 5.32 Å². The SMILES string of the molecule is C1=CC(c2ccccc2)=CNC1. The highest BCUT2D eigenvalue weighted by Gasteiger charge is 1.97. The maximum atomic E-state index is 3.18. The maximum Gasteiger partial charge on any atom is 0.0328 e. The normalized spacial score (nSPS) is 15.2. The fourth-order valence-electron chi connectivity index (χ4n) is 1.28. The summed E-state index contributed by atoms with van der Waals surface area (Å²) >= 11 is 0. The summed E-state index contributed by atoms with van der Waals surface area (Å²) in [5, 5.41) is 3.18. The van der Waals surface area contributed by atoms with Gasteiger partial charge in [-0.25, -0.2) is 0 Å². The van der Waals surface area contributed by atoms with E-state index in [1.165, 1.54) is 11.1 Å². The van der Waals surface area contributed by atoms with E-state index in [9.17, 15) is 0 Å². The van der Waals surface area contributed by atoms with Gasteiger partial charge < -0.3 is 5.32 Å². The Morgan fingerprint density at radius 1 is 1.08 bits per heavy atom. The molecule has 0 aromatic heterocycles. The highest BCUT2D eigenvalue weighted by atomic mass is 14.8. The molecule has 1 nitrogen and oxygen atoms in total. The van der Waals surface area contributed by atoms with Crippen molar-refractivity contribution in [3.63, 3.8) is 0 Å². The lowest BCUT2D eigenvalue weighted by molar-refractivity contribution is 0.976. The minimum Gasteiger partial charge on any atom is -0.387 e. The van der Waals surface area contributed by atoms with E-state index in [4.69, 9.17) is 0 Å². The fraction of sp³-hybridized carbons (Fsp3) is 0.0909. The zero-order valence-electron chi connectivity index (χ0n) is 6.83. The van der Waals surface area contributed by atoms with Crippen molar-refractivity contribution in [2.24, 2.45) is 0 Å². The van der Waals surface area contributed by atoms with E-state index < -0.39 is 0 Å². The first kappa shape index (κ1) is 7.17. The lowest BCUT2D eigenvalue weighted by Crippen LogP contribution is -2.08. The van der Waals surface area contributed by atoms with Crippen LogP contribution in [0.3, 0.4) is 0 Å². The standard InChI is InChI=1S/C11H11N/c1-2-5-10(6-3-1)11-7-4-8-12-9-11/h1-7,9,12H,8H2. The topological polar surface area (TPSA) is 12.0 Å². The number of dihydropyridines is 1. The summed E-state index contributed by atoms with van der Waals surface area (Å²) in [6.07, 6.45) is 6.32. The van der Waals surface area contributed by atoms with E-state index in [0.29, 0.717) is 0 Å². The molecule has 1 heterocycles. The number of hydrogen-bond donors (Lipinski definition) is 1. The molecule has 60 valence electrons. The molecule has 1 aliphatic heterocycles. The molecule has 0 aliphatic carbocycles. The average molecular weight is 157 g/mol. The minimum absolute atomic E-state index is 0.941. The average Bonchev–Trinajstić information content (AvgIpc) is 2.21. The second-order valence-corrected chi connectivity index (χ2v) is 2.78. The predicted molar refractivity (Wildman–Crippen MR) is 51.6 cm³/mol. The van der Waals surface area contributed by atoms with Gasteiger partial charge in [0, 0.05) is 12.7 Å². The Bertz CT molecular complexity index is 309. The zero-order chi connectivity index (χ0) is 8.23. The molecule has 1 aliphatic rings. The number of rotatable bonds is 1. The Morgan fingerprint density at radius 3 is 2.58 bits per heavy atom. The maximum absolute atomic E-state index is 3.18. The van der Waals surface area contributed by atoms with Crippen LogP contribution in [0.15, 0.2) is 48.7 Å². The lowest BCUT2D eigenvalue weighted by atomic mass is 10.1. The van der Waals surface area contributed by atoms with E-state index in [0.717, 1.165) is 6.54 Å². The Kier molecular flexibility index (Phi) is 1.95. The van der Waals surface area contributed by atoms with Gasteiger partial charge in [0.25, 0.3) is 0 Å². The number of nitrogens with one attached hydrogen (secondary N) is 1. The van der Waals surface area contributed by atoms with Crippen molar-refractivity contribution in [3.05, 3.63) is 54.2 Å². The molecular formula is C11H11N. The summed E-state index contributed by atoms with van der Waals surface area (Å²) in [5.74, 6) is 0. The molecule has 0 saturated heterocycles. The van der Waals surface area contributed by atoms with Crippen LogP contribution in [0, 0.1) is 0 Å². The van der Waals surface area contributed by atoms with Gasteiger partial charge in [0.1, 0.15) is 0 Å². The van der Waals surface area contributed by atoms with Gasteiger partial charge in [0.05, 0.1) is 0 Å². The van der Waals surface area contributed by atoms with Crippen molar-refractivity contribution in [2.45, 2.75) is 0 Å². The van der Waals surface area contributed by atoms with Crippen LogP contribution < -0.4 is 5.32 Å². The first-order valence-corrected chi connectivity index (χ1v) is 4.12. The van der Waals surface area contributed by atoms with Crippen LogP contribution in [0.5, 0.6) is 0 Å². The molecule has 1 heteroatoms. The molecule has 1 aromatic carbocycles. The molecule has 1 aromatic rings. The monoisotopic (exact) mass is 157 g/mol. The smallest absolute Gasteiger partial charge is 0.0328 e. The molecule has 0 bridgehead atoms. The molecule has 0 spiro atoms. The van der Waals surface area contributed by atoms with Crippen molar-refractivity contribution in [2.75, 3.05) is 6.54 Å². The second-order valence-electron chi connectivity index (χ2n) is 2.78. The van der Waals surface area contributed by atoms with Crippen LogP contribution in [0.2, 0.25) is 0 Å². The lowest BCUT2D eigenvalue weighted by Gasteiger charge is -2.07. The molecule has 2 rings (SSSR count). The summed E-state index contributed by atoms with van der Waals surface area (Å²) < 4.78 is 0. The van der Waals surface area contributed by atoms with Gasteiger partial charge in [-0.1, -0.05) is 42.5 Å². The van der Waals surface area contributed by atoms with Gasteiger partial charge >= 0.3 is 0 Å². The van der Waals surface area contributed by atoms with Gasteiger partial charge in [-0.05, 0) is 11.1 Å². The molecule has 0 unspecified atom stereocenters. The second kappa shape index (κ2) is 3.26. The van der Waals surface area contributed by atoms with Crippen LogP contribution in [0.4, 0.5) is 0 Å². The summed E-state index contributed by atoms with van der Waals surface area (Å²) in [4.78, 5) is 0. The van der Waals surface area contributed by atoms with Crippen LogP contribution in [-0.4, -0.2) is 6.54 Å².